The minimum absolute atomic E-state index is 0.103. The third kappa shape index (κ3) is 3.97. The highest BCUT2D eigenvalue weighted by Crippen LogP contribution is 2.57. The zero-order chi connectivity index (χ0) is 25.7. The predicted molar refractivity (Wildman–Crippen MR) is 131 cm³/mol. The van der Waals surface area contributed by atoms with E-state index in [1.807, 2.05) is 0 Å². The van der Waals surface area contributed by atoms with Crippen LogP contribution >= 0.6 is 23.2 Å². The molecule has 0 bridgehead atoms. The summed E-state index contributed by atoms with van der Waals surface area (Å²) in [5.74, 6) is -0.491. The van der Waals surface area contributed by atoms with E-state index in [0.29, 0.717) is 47.1 Å². The van der Waals surface area contributed by atoms with Crippen molar-refractivity contribution in [1.29, 1.82) is 0 Å². The molecule has 1 unspecified atom stereocenters. The van der Waals surface area contributed by atoms with Crippen molar-refractivity contribution in [1.82, 2.24) is 0 Å². The average molecular weight is 537 g/mol. The molecule has 0 aromatic heterocycles. The topological polar surface area (TPSA) is 53.0 Å². The summed E-state index contributed by atoms with van der Waals surface area (Å²) in [6.07, 6.45) is -2.64. The van der Waals surface area contributed by atoms with Crippen LogP contribution in [0.5, 0.6) is 5.75 Å². The zero-order valence-corrected chi connectivity index (χ0v) is 20.3. The Morgan fingerprint density at radius 2 is 1.36 bits per heavy atom. The quantitative estimate of drug-likeness (QED) is 0.375. The van der Waals surface area contributed by atoms with Crippen molar-refractivity contribution in [3.63, 3.8) is 0 Å². The lowest BCUT2D eigenvalue weighted by Gasteiger charge is -2.45. The molecule has 2 amide bonds. The van der Waals surface area contributed by atoms with Gasteiger partial charge in [-0.25, -0.2) is 4.79 Å². The molecule has 3 aromatic carbocycles. The van der Waals surface area contributed by atoms with Gasteiger partial charge in [-0.1, -0.05) is 48.2 Å². The third-order valence-corrected chi connectivity index (χ3v) is 7.36. The number of rotatable bonds is 4. The van der Waals surface area contributed by atoms with Crippen LogP contribution < -0.4 is 14.5 Å². The summed E-state index contributed by atoms with van der Waals surface area (Å²) in [6, 6.07) is 17.7. The molecule has 1 saturated carbocycles. The first-order valence-electron chi connectivity index (χ1n) is 11.3. The van der Waals surface area contributed by atoms with Gasteiger partial charge in [0.2, 0.25) is 0 Å². The van der Waals surface area contributed by atoms with Crippen LogP contribution in [0.3, 0.4) is 0 Å². The summed E-state index contributed by atoms with van der Waals surface area (Å²) < 4.78 is 43.2. The van der Waals surface area contributed by atoms with Crippen molar-refractivity contribution < 1.29 is 27.8 Å². The smallest absolute Gasteiger partial charge is 0.406 e. The Kier molecular flexibility index (Phi) is 6.09. The van der Waals surface area contributed by atoms with E-state index in [1.54, 1.807) is 53.4 Å². The molecule has 2 aliphatic rings. The Morgan fingerprint density at radius 1 is 0.833 bits per heavy atom. The monoisotopic (exact) mass is 536 g/mol. The predicted octanol–water partition coefficient (Wildman–Crippen LogP) is 7.50. The van der Waals surface area contributed by atoms with E-state index >= 15 is 0 Å². The van der Waals surface area contributed by atoms with Crippen LogP contribution in [0.15, 0.2) is 72.8 Å². The van der Waals surface area contributed by atoms with Crippen LogP contribution in [0.1, 0.15) is 31.2 Å². The van der Waals surface area contributed by atoms with Gasteiger partial charge in [-0.3, -0.25) is 9.80 Å². The molecule has 1 aliphatic heterocycles. The van der Waals surface area contributed by atoms with E-state index in [1.165, 1.54) is 17.0 Å². The number of carbonyl (C=O) groups excluding carboxylic acids is 1. The molecule has 0 radical (unpaired) electrons. The van der Waals surface area contributed by atoms with E-state index < -0.39 is 29.4 Å². The molecule has 1 aliphatic carbocycles. The molecule has 5 nitrogen and oxygen atoms in total. The largest absolute Gasteiger partial charge is 0.573 e. The summed E-state index contributed by atoms with van der Waals surface area (Å²) in [6.45, 7) is 0. The number of ether oxygens (including phenoxy) is 1. The molecule has 10 heteroatoms. The lowest BCUT2D eigenvalue weighted by Crippen LogP contribution is -2.58. The van der Waals surface area contributed by atoms with Crippen molar-refractivity contribution in [2.75, 3.05) is 9.80 Å². The molecule has 1 spiro atoms. The summed E-state index contributed by atoms with van der Waals surface area (Å²) in [5, 5.41) is 13.6. The number of aliphatic hydroxyl groups is 1. The fourth-order valence-electron chi connectivity index (χ4n) is 5.46. The van der Waals surface area contributed by atoms with Crippen LogP contribution in [0.4, 0.5) is 29.3 Å². The Balaban J connectivity index is 1.75. The molecule has 5 rings (SSSR count). The SMILES string of the molecule is O=C1N(c2ccc(Cl)cc2)C2(CCCC2)C(O)(c2cccc(OC(F)(F)F)c2)N1c1ccc(Cl)cc1. The molecule has 3 aromatic rings. The first kappa shape index (κ1) is 24.7. The maximum Gasteiger partial charge on any atom is 0.573 e. The fourth-order valence-corrected chi connectivity index (χ4v) is 5.71. The van der Waals surface area contributed by atoms with Crippen LogP contribution in [0.2, 0.25) is 10.0 Å². The maximum absolute atomic E-state index is 14.2. The summed E-state index contributed by atoms with van der Waals surface area (Å²) in [5.41, 5.74) is -2.24. The summed E-state index contributed by atoms with van der Waals surface area (Å²) >= 11 is 12.2. The number of alkyl halides is 3. The van der Waals surface area contributed by atoms with Gasteiger partial charge in [-0.15, -0.1) is 13.2 Å². The molecule has 188 valence electrons. The zero-order valence-electron chi connectivity index (χ0n) is 18.8. The van der Waals surface area contributed by atoms with Gasteiger partial charge in [-0.05, 0) is 73.5 Å². The van der Waals surface area contributed by atoms with E-state index in [9.17, 15) is 23.1 Å². The number of nitrogens with zero attached hydrogens (tertiary/aromatic N) is 2. The highest BCUT2D eigenvalue weighted by Gasteiger charge is 2.69. The number of halogens is 5. The number of anilines is 2. The van der Waals surface area contributed by atoms with Gasteiger partial charge in [-0.2, -0.15) is 0 Å². The van der Waals surface area contributed by atoms with Gasteiger partial charge in [0.15, 0.2) is 5.72 Å². The molecular weight excluding hydrogens is 516 g/mol. The Labute approximate surface area is 215 Å². The van der Waals surface area contributed by atoms with Crippen molar-refractivity contribution in [2.45, 2.75) is 43.3 Å². The average Bonchev–Trinajstić information content (AvgIpc) is 3.38. The van der Waals surface area contributed by atoms with Crippen molar-refractivity contribution in [2.24, 2.45) is 0 Å². The maximum atomic E-state index is 14.2. The Bertz CT molecular complexity index is 1280. The van der Waals surface area contributed by atoms with Crippen LogP contribution in [-0.2, 0) is 5.72 Å². The van der Waals surface area contributed by atoms with Gasteiger partial charge < -0.3 is 9.84 Å². The van der Waals surface area contributed by atoms with Gasteiger partial charge in [0.05, 0.1) is 0 Å². The van der Waals surface area contributed by atoms with Crippen molar-refractivity contribution in [3.05, 3.63) is 88.4 Å². The highest BCUT2D eigenvalue weighted by molar-refractivity contribution is 6.31. The third-order valence-electron chi connectivity index (χ3n) is 6.85. The van der Waals surface area contributed by atoms with Crippen molar-refractivity contribution in [3.8, 4) is 5.75 Å². The molecule has 36 heavy (non-hydrogen) atoms. The standard InChI is InChI=1S/C26H21Cl2F3N2O3/c27-18-6-10-20(11-7-18)32-23(34)33(21-12-8-19(28)9-13-21)25(35,24(32)14-1-2-15-24)17-4-3-5-22(16-17)36-26(29,30)31/h3-13,16,35H,1-2,14-15H2. The fraction of sp³-hybridized carbons (Fsp3) is 0.269. The summed E-state index contributed by atoms with van der Waals surface area (Å²) in [7, 11) is 0. The lowest BCUT2D eigenvalue weighted by molar-refractivity contribution is -0.274. The number of carbonyl (C=O) groups is 1. The first-order chi connectivity index (χ1) is 17.0. The number of amides is 2. The van der Waals surface area contributed by atoms with Gasteiger partial charge >= 0.3 is 12.4 Å². The molecule has 2 fully saturated rings. The van der Waals surface area contributed by atoms with E-state index in [2.05, 4.69) is 4.74 Å². The normalized spacial score (nSPS) is 21.4. The number of hydrogen-bond donors (Lipinski definition) is 1. The number of benzene rings is 3. The van der Waals surface area contributed by atoms with Crippen LogP contribution in [0.25, 0.3) is 0 Å². The van der Waals surface area contributed by atoms with E-state index in [-0.39, 0.29) is 5.56 Å². The lowest BCUT2D eigenvalue weighted by atomic mass is 9.79. The van der Waals surface area contributed by atoms with E-state index in [4.69, 9.17) is 23.2 Å². The number of urea groups is 1. The second kappa shape index (κ2) is 8.87. The van der Waals surface area contributed by atoms with Crippen LogP contribution in [0, 0.1) is 0 Å². The Morgan fingerprint density at radius 3 is 1.89 bits per heavy atom. The summed E-state index contributed by atoms with van der Waals surface area (Å²) in [4.78, 5) is 16.9. The second-order valence-corrected chi connectivity index (χ2v) is 9.77. The highest BCUT2D eigenvalue weighted by atomic mass is 35.5. The molecular formula is C26H21Cl2F3N2O3. The van der Waals surface area contributed by atoms with Crippen molar-refractivity contribution >= 4 is 40.6 Å². The second-order valence-electron chi connectivity index (χ2n) is 8.89. The molecule has 1 atom stereocenters. The Hall–Kier alpha value is -2.94. The van der Waals surface area contributed by atoms with E-state index in [0.717, 1.165) is 12.1 Å². The molecule has 1 heterocycles. The van der Waals surface area contributed by atoms with Gasteiger partial charge in [0, 0.05) is 27.0 Å². The van der Waals surface area contributed by atoms with Crippen LogP contribution in [-0.4, -0.2) is 23.0 Å². The number of hydrogen-bond acceptors (Lipinski definition) is 3. The molecule has 1 N–H and O–H groups in total. The molecule has 1 saturated heterocycles. The van der Waals surface area contributed by atoms with Gasteiger partial charge in [0.25, 0.3) is 0 Å². The first-order valence-corrected chi connectivity index (χ1v) is 12.0. The minimum Gasteiger partial charge on any atom is -0.406 e. The van der Waals surface area contributed by atoms with Gasteiger partial charge in [0.1, 0.15) is 11.3 Å². The minimum atomic E-state index is -4.91.